The van der Waals surface area contributed by atoms with Crippen molar-refractivity contribution in [3.8, 4) is 11.1 Å². The van der Waals surface area contributed by atoms with E-state index in [0.29, 0.717) is 30.6 Å². The van der Waals surface area contributed by atoms with Gasteiger partial charge in [-0.2, -0.15) is 0 Å². The summed E-state index contributed by atoms with van der Waals surface area (Å²) in [6.07, 6.45) is 2.10. The van der Waals surface area contributed by atoms with Gasteiger partial charge in [-0.1, -0.05) is 91.5 Å². The third-order valence-electron chi connectivity index (χ3n) is 7.17. The molecule has 39 heavy (non-hydrogen) atoms. The lowest BCUT2D eigenvalue weighted by Crippen LogP contribution is -2.43. The van der Waals surface area contributed by atoms with Crippen LogP contribution in [-0.2, 0) is 19.4 Å². The molecule has 4 rings (SSSR count). The smallest absolute Gasteiger partial charge is 0.251 e. The Balaban J connectivity index is 1.51. The van der Waals surface area contributed by atoms with Gasteiger partial charge in [-0.25, -0.2) is 0 Å². The van der Waals surface area contributed by atoms with Crippen molar-refractivity contribution < 1.29 is 9.90 Å². The van der Waals surface area contributed by atoms with Gasteiger partial charge in [0.1, 0.15) is 0 Å². The lowest BCUT2D eigenvalue weighted by Gasteiger charge is -2.27. The third-order valence-corrected chi connectivity index (χ3v) is 7.17. The second-order valence-electron chi connectivity index (χ2n) is 9.96. The van der Waals surface area contributed by atoms with Gasteiger partial charge in [-0.05, 0) is 70.8 Å². The molecular weight excluding hydrogens is 482 g/mol. The molecule has 0 aliphatic heterocycles. The number of carbonyl (C=O) groups is 1. The number of benzene rings is 4. The van der Waals surface area contributed by atoms with Gasteiger partial charge in [-0.15, -0.1) is 0 Å². The standard InChI is InChI=1S/C34H37N3O2/c1-24(36)31-9-5-8-27(20-31)21-32(23-38)33(19-12-25-6-3-2-4-7-25)37-34(39)30-17-15-29(16-18-30)28-13-10-26(22-35)11-14-28/h2-11,13-18,20,32-33,38H,1,12,19,21-23,35-36H2,(H,37,39). The first-order chi connectivity index (χ1) is 19.0. The van der Waals surface area contributed by atoms with Crippen LogP contribution in [0.5, 0.6) is 0 Å². The van der Waals surface area contributed by atoms with Crippen LogP contribution in [0.15, 0.2) is 110 Å². The maximum absolute atomic E-state index is 13.4. The van der Waals surface area contributed by atoms with Crippen LogP contribution in [-0.4, -0.2) is 23.7 Å². The van der Waals surface area contributed by atoms with Gasteiger partial charge in [0.25, 0.3) is 5.91 Å². The van der Waals surface area contributed by atoms with Crippen LogP contribution in [0.2, 0.25) is 0 Å². The highest BCUT2D eigenvalue weighted by Crippen LogP contribution is 2.22. The van der Waals surface area contributed by atoms with E-state index in [1.165, 1.54) is 5.56 Å². The Kier molecular flexibility index (Phi) is 9.68. The largest absolute Gasteiger partial charge is 0.399 e. The molecule has 6 N–H and O–H groups in total. The number of aliphatic hydroxyl groups excluding tert-OH is 1. The van der Waals surface area contributed by atoms with Gasteiger partial charge in [0, 0.05) is 36.4 Å². The average molecular weight is 520 g/mol. The fraction of sp³-hybridized carbons (Fsp3) is 0.206. The minimum Gasteiger partial charge on any atom is -0.399 e. The molecule has 4 aromatic rings. The van der Waals surface area contributed by atoms with Crippen LogP contribution >= 0.6 is 0 Å². The van der Waals surface area contributed by atoms with Crippen LogP contribution in [0.3, 0.4) is 0 Å². The zero-order chi connectivity index (χ0) is 27.6. The molecule has 0 aromatic heterocycles. The summed E-state index contributed by atoms with van der Waals surface area (Å²) >= 11 is 0. The van der Waals surface area contributed by atoms with Crippen molar-refractivity contribution in [1.29, 1.82) is 0 Å². The molecule has 0 heterocycles. The zero-order valence-electron chi connectivity index (χ0n) is 22.2. The summed E-state index contributed by atoms with van der Waals surface area (Å²) in [5.74, 6) is -0.320. The summed E-state index contributed by atoms with van der Waals surface area (Å²) in [4.78, 5) is 13.4. The van der Waals surface area contributed by atoms with Crippen LogP contribution in [0.1, 0.15) is 39.0 Å². The van der Waals surface area contributed by atoms with Gasteiger partial charge in [0.05, 0.1) is 0 Å². The first kappa shape index (κ1) is 27.8. The van der Waals surface area contributed by atoms with Crippen molar-refractivity contribution in [2.75, 3.05) is 6.61 Å². The maximum atomic E-state index is 13.4. The van der Waals surface area contributed by atoms with Crippen molar-refractivity contribution in [2.45, 2.75) is 31.8 Å². The Labute approximate surface area is 231 Å². The molecule has 1 amide bonds. The maximum Gasteiger partial charge on any atom is 0.251 e. The van der Waals surface area contributed by atoms with Crippen molar-refractivity contribution >= 4 is 11.6 Å². The molecule has 0 radical (unpaired) electrons. The summed E-state index contributed by atoms with van der Waals surface area (Å²) in [6, 6.07) is 33.6. The predicted molar refractivity (Wildman–Crippen MR) is 160 cm³/mol. The van der Waals surface area contributed by atoms with Crippen molar-refractivity contribution in [1.82, 2.24) is 5.32 Å². The summed E-state index contributed by atoms with van der Waals surface area (Å²) < 4.78 is 0. The van der Waals surface area contributed by atoms with Gasteiger partial charge in [0.2, 0.25) is 0 Å². The molecule has 2 atom stereocenters. The van der Waals surface area contributed by atoms with Gasteiger partial charge < -0.3 is 21.9 Å². The number of amides is 1. The second kappa shape index (κ2) is 13.6. The molecule has 0 aliphatic carbocycles. The predicted octanol–water partition coefficient (Wildman–Crippen LogP) is 5.32. The highest BCUT2D eigenvalue weighted by atomic mass is 16.3. The molecule has 0 fully saturated rings. The number of carbonyl (C=O) groups excluding carboxylic acids is 1. The van der Waals surface area contributed by atoms with Crippen molar-refractivity contribution in [3.05, 3.63) is 138 Å². The number of hydrogen-bond donors (Lipinski definition) is 4. The monoisotopic (exact) mass is 519 g/mol. The van der Waals surface area contributed by atoms with Crippen molar-refractivity contribution in [2.24, 2.45) is 17.4 Å². The highest BCUT2D eigenvalue weighted by molar-refractivity contribution is 5.95. The van der Waals surface area contributed by atoms with E-state index in [0.717, 1.165) is 34.2 Å². The van der Waals surface area contributed by atoms with Crippen LogP contribution in [0, 0.1) is 5.92 Å². The number of aryl methyl sites for hydroxylation is 1. The zero-order valence-corrected chi connectivity index (χ0v) is 22.2. The normalized spacial score (nSPS) is 12.5. The number of nitrogens with one attached hydrogen (secondary N) is 1. The van der Waals surface area contributed by atoms with E-state index in [4.69, 9.17) is 11.5 Å². The number of rotatable bonds is 12. The molecule has 0 bridgehead atoms. The fourth-order valence-electron chi connectivity index (χ4n) is 4.83. The Morgan fingerprint density at radius 1 is 0.795 bits per heavy atom. The number of aliphatic hydroxyl groups is 1. The van der Waals surface area contributed by atoms with E-state index in [-0.39, 0.29) is 24.5 Å². The third kappa shape index (κ3) is 7.66. The lowest BCUT2D eigenvalue weighted by molar-refractivity contribution is 0.0898. The number of nitrogens with two attached hydrogens (primary N) is 2. The van der Waals surface area contributed by atoms with E-state index in [9.17, 15) is 9.90 Å². The Hall–Kier alpha value is -4.19. The van der Waals surface area contributed by atoms with Crippen LogP contribution < -0.4 is 16.8 Å². The first-order valence-electron chi connectivity index (χ1n) is 13.4. The van der Waals surface area contributed by atoms with E-state index < -0.39 is 0 Å². The SMILES string of the molecule is C=C(N)c1cccc(CC(CO)C(CCc2ccccc2)NC(=O)c2ccc(-c3ccc(CN)cc3)cc2)c1. The van der Waals surface area contributed by atoms with Gasteiger partial charge in [-0.3, -0.25) is 4.79 Å². The van der Waals surface area contributed by atoms with Gasteiger partial charge >= 0.3 is 0 Å². The Bertz CT molecular complexity index is 1370. The topological polar surface area (TPSA) is 101 Å². The highest BCUT2D eigenvalue weighted by Gasteiger charge is 2.24. The molecule has 0 saturated carbocycles. The summed E-state index contributed by atoms with van der Waals surface area (Å²) in [5.41, 5.74) is 19.0. The molecule has 2 unspecified atom stereocenters. The summed E-state index contributed by atoms with van der Waals surface area (Å²) in [6.45, 7) is 4.29. The second-order valence-corrected chi connectivity index (χ2v) is 9.96. The van der Waals surface area contributed by atoms with E-state index in [2.05, 4.69) is 24.0 Å². The molecule has 5 heteroatoms. The molecule has 0 spiro atoms. The number of hydrogen-bond acceptors (Lipinski definition) is 4. The lowest BCUT2D eigenvalue weighted by atomic mass is 9.88. The molecular formula is C34H37N3O2. The Morgan fingerprint density at radius 2 is 1.44 bits per heavy atom. The fourth-order valence-corrected chi connectivity index (χ4v) is 4.83. The molecule has 5 nitrogen and oxygen atoms in total. The molecule has 4 aromatic carbocycles. The van der Waals surface area contributed by atoms with E-state index >= 15 is 0 Å². The van der Waals surface area contributed by atoms with Gasteiger partial charge in [0.15, 0.2) is 0 Å². The molecule has 0 saturated heterocycles. The quantitative estimate of drug-likeness (QED) is 0.203. The van der Waals surface area contributed by atoms with E-state index in [1.807, 2.05) is 91.0 Å². The minimum absolute atomic E-state index is 0.0503. The molecule has 200 valence electrons. The average Bonchev–Trinajstić information content (AvgIpc) is 2.99. The Morgan fingerprint density at radius 3 is 2.05 bits per heavy atom. The van der Waals surface area contributed by atoms with E-state index in [1.54, 1.807) is 0 Å². The minimum atomic E-state index is -0.226. The summed E-state index contributed by atoms with van der Waals surface area (Å²) in [7, 11) is 0. The van der Waals surface area contributed by atoms with Crippen LogP contribution in [0.25, 0.3) is 16.8 Å². The van der Waals surface area contributed by atoms with Crippen LogP contribution in [0.4, 0.5) is 0 Å². The molecule has 0 aliphatic rings. The first-order valence-corrected chi connectivity index (χ1v) is 13.4. The summed E-state index contributed by atoms with van der Waals surface area (Å²) in [5, 5.41) is 13.6. The van der Waals surface area contributed by atoms with Crippen molar-refractivity contribution in [3.63, 3.8) is 0 Å².